The summed E-state index contributed by atoms with van der Waals surface area (Å²) >= 11 is 0. The van der Waals surface area contributed by atoms with Crippen LogP contribution in [0.3, 0.4) is 0 Å². The van der Waals surface area contributed by atoms with Crippen LogP contribution in [0.4, 0.5) is 5.69 Å². The van der Waals surface area contributed by atoms with E-state index in [4.69, 9.17) is 5.73 Å². The van der Waals surface area contributed by atoms with E-state index in [1.54, 1.807) is 6.20 Å². The molecule has 20 heavy (non-hydrogen) atoms. The summed E-state index contributed by atoms with van der Waals surface area (Å²) in [5.41, 5.74) is 7.57. The molecule has 0 bridgehead atoms. The molecule has 1 aromatic heterocycles. The van der Waals surface area contributed by atoms with Crippen LogP contribution in [0, 0.1) is 18.3 Å². The number of nitrogens with zero attached hydrogens (tertiary/aromatic N) is 1. The maximum atomic E-state index is 12.0. The van der Waals surface area contributed by atoms with E-state index in [0.29, 0.717) is 18.9 Å². The molecule has 1 aromatic rings. The van der Waals surface area contributed by atoms with Crippen LogP contribution in [-0.2, 0) is 4.79 Å². The molecule has 0 aliphatic heterocycles. The van der Waals surface area contributed by atoms with Crippen LogP contribution in [0.1, 0.15) is 45.7 Å². The second-order valence-corrected chi connectivity index (χ2v) is 6.41. The SMILES string of the molecule is Cc1cc(NC(=O)CCC(CCN)C(C)(C)C)ccn1. The zero-order chi connectivity index (χ0) is 15.2. The lowest BCUT2D eigenvalue weighted by Gasteiger charge is -2.30. The Balaban J connectivity index is 2.50. The highest BCUT2D eigenvalue weighted by Crippen LogP contribution is 2.32. The molecular formula is C16H27N3O. The van der Waals surface area contributed by atoms with Gasteiger partial charge in [0, 0.05) is 24.0 Å². The number of pyridine rings is 1. The van der Waals surface area contributed by atoms with Crippen LogP contribution in [0.2, 0.25) is 0 Å². The maximum absolute atomic E-state index is 12.0. The van der Waals surface area contributed by atoms with Crippen molar-refractivity contribution in [1.29, 1.82) is 0 Å². The van der Waals surface area contributed by atoms with Gasteiger partial charge >= 0.3 is 0 Å². The van der Waals surface area contributed by atoms with Crippen molar-refractivity contribution in [2.24, 2.45) is 17.1 Å². The molecule has 1 rings (SSSR count). The number of aromatic nitrogens is 1. The normalized spacial score (nSPS) is 13.1. The summed E-state index contributed by atoms with van der Waals surface area (Å²) in [6.07, 6.45) is 4.07. The monoisotopic (exact) mass is 277 g/mol. The molecule has 0 radical (unpaired) electrons. The summed E-state index contributed by atoms with van der Waals surface area (Å²) in [5.74, 6) is 0.527. The molecule has 112 valence electrons. The molecule has 0 saturated heterocycles. The van der Waals surface area contributed by atoms with Crippen molar-refractivity contribution in [1.82, 2.24) is 4.98 Å². The maximum Gasteiger partial charge on any atom is 0.224 e. The van der Waals surface area contributed by atoms with E-state index in [9.17, 15) is 4.79 Å². The number of hydrogen-bond donors (Lipinski definition) is 2. The molecule has 0 fully saturated rings. The average Bonchev–Trinajstić information content (AvgIpc) is 2.33. The van der Waals surface area contributed by atoms with E-state index in [0.717, 1.165) is 24.2 Å². The molecule has 1 heterocycles. The van der Waals surface area contributed by atoms with Gasteiger partial charge in [0.25, 0.3) is 0 Å². The number of nitrogens with one attached hydrogen (secondary N) is 1. The molecule has 0 aliphatic carbocycles. The van der Waals surface area contributed by atoms with Crippen molar-refractivity contribution in [2.75, 3.05) is 11.9 Å². The van der Waals surface area contributed by atoms with Gasteiger partial charge in [-0.25, -0.2) is 0 Å². The van der Waals surface area contributed by atoms with Crippen LogP contribution < -0.4 is 11.1 Å². The van der Waals surface area contributed by atoms with Gasteiger partial charge in [0.1, 0.15) is 0 Å². The lowest BCUT2D eigenvalue weighted by Crippen LogP contribution is -2.25. The Labute approximate surface area is 122 Å². The number of aryl methyl sites for hydroxylation is 1. The molecule has 3 N–H and O–H groups in total. The number of carbonyl (C=O) groups is 1. The summed E-state index contributed by atoms with van der Waals surface area (Å²) in [4.78, 5) is 16.1. The van der Waals surface area contributed by atoms with Gasteiger partial charge in [0.05, 0.1) is 0 Å². The summed E-state index contributed by atoms with van der Waals surface area (Å²) in [7, 11) is 0. The fourth-order valence-corrected chi connectivity index (χ4v) is 2.36. The Kier molecular flexibility index (Phi) is 6.14. The van der Waals surface area contributed by atoms with Crippen molar-refractivity contribution in [2.45, 2.75) is 47.0 Å². The first-order valence-electron chi connectivity index (χ1n) is 7.25. The number of nitrogens with two attached hydrogens (primary N) is 1. The lowest BCUT2D eigenvalue weighted by molar-refractivity contribution is -0.116. The molecule has 0 saturated carbocycles. The van der Waals surface area contributed by atoms with Gasteiger partial charge in [-0.05, 0) is 49.8 Å². The first-order valence-corrected chi connectivity index (χ1v) is 7.25. The van der Waals surface area contributed by atoms with Gasteiger partial charge in [-0.15, -0.1) is 0 Å². The van der Waals surface area contributed by atoms with Crippen LogP contribution in [0.5, 0.6) is 0 Å². The van der Waals surface area contributed by atoms with E-state index >= 15 is 0 Å². The van der Waals surface area contributed by atoms with Gasteiger partial charge < -0.3 is 11.1 Å². The molecule has 1 unspecified atom stereocenters. The molecule has 0 aromatic carbocycles. The topological polar surface area (TPSA) is 68.0 Å². The van der Waals surface area contributed by atoms with Gasteiger partial charge in [0.2, 0.25) is 5.91 Å². The van der Waals surface area contributed by atoms with Gasteiger partial charge in [-0.2, -0.15) is 0 Å². The van der Waals surface area contributed by atoms with E-state index < -0.39 is 0 Å². The summed E-state index contributed by atoms with van der Waals surface area (Å²) in [5, 5.41) is 2.92. The smallest absolute Gasteiger partial charge is 0.224 e. The number of rotatable bonds is 6. The van der Waals surface area contributed by atoms with E-state index in [1.807, 2.05) is 19.1 Å². The minimum absolute atomic E-state index is 0.0573. The average molecular weight is 277 g/mol. The van der Waals surface area contributed by atoms with Crippen LogP contribution in [0.25, 0.3) is 0 Å². The highest BCUT2D eigenvalue weighted by molar-refractivity contribution is 5.90. The number of carbonyl (C=O) groups excluding carboxylic acids is 1. The standard InChI is InChI=1S/C16H27N3O/c1-12-11-14(8-10-18-12)19-15(20)6-5-13(7-9-17)16(2,3)4/h8,10-11,13H,5-7,9,17H2,1-4H3,(H,18,19,20). The van der Waals surface area contributed by atoms with Gasteiger partial charge in [0.15, 0.2) is 0 Å². The molecule has 0 aliphatic rings. The summed E-state index contributed by atoms with van der Waals surface area (Å²) in [6, 6.07) is 3.69. The first-order chi connectivity index (χ1) is 9.32. The predicted octanol–water partition coefficient (Wildman–Crippen LogP) is 3.12. The highest BCUT2D eigenvalue weighted by Gasteiger charge is 2.24. The quantitative estimate of drug-likeness (QED) is 0.839. The summed E-state index contributed by atoms with van der Waals surface area (Å²) < 4.78 is 0. The third-order valence-corrected chi connectivity index (χ3v) is 3.64. The zero-order valence-corrected chi connectivity index (χ0v) is 13.1. The third kappa shape index (κ3) is 5.70. The highest BCUT2D eigenvalue weighted by atomic mass is 16.1. The second-order valence-electron chi connectivity index (χ2n) is 6.41. The van der Waals surface area contributed by atoms with Crippen molar-refractivity contribution in [3.63, 3.8) is 0 Å². The molecule has 0 spiro atoms. The van der Waals surface area contributed by atoms with Crippen LogP contribution in [0.15, 0.2) is 18.3 Å². The largest absolute Gasteiger partial charge is 0.330 e. The predicted molar refractivity (Wildman–Crippen MR) is 83.5 cm³/mol. The van der Waals surface area contributed by atoms with Gasteiger partial charge in [-0.1, -0.05) is 20.8 Å². The first kappa shape index (κ1) is 16.6. The molecule has 1 amide bonds. The second kappa shape index (κ2) is 7.39. The van der Waals surface area contributed by atoms with E-state index in [2.05, 4.69) is 31.1 Å². The van der Waals surface area contributed by atoms with E-state index in [-0.39, 0.29) is 11.3 Å². The number of hydrogen-bond acceptors (Lipinski definition) is 3. The van der Waals surface area contributed by atoms with Crippen molar-refractivity contribution < 1.29 is 4.79 Å². The van der Waals surface area contributed by atoms with Crippen molar-refractivity contribution >= 4 is 11.6 Å². The van der Waals surface area contributed by atoms with Gasteiger partial charge in [-0.3, -0.25) is 9.78 Å². The summed E-state index contributed by atoms with van der Waals surface area (Å²) in [6.45, 7) is 9.20. The van der Waals surface area contributed by atoms with Crippen molar-refractivity contribution in [3.8, 4) is 0 Å². The molecule has 1 atom stereocenters. The number of amides is 1. The Morgan fingerprint density at radius 1 is 1.40 bits per heavy atom. The minimum Gasteiger partial charge on any atom is -0.330 e. The van der Waals surface area contributed by atoms with Crippen molar-refractivity contribution in [3.05, 3.63) is 24.0 Å². The third-order valence-electron chi connectivity index (χ3n) is 3.64. The lowest BCUT2D eigenvalue weighted by atomic mass is 9.76. The Morgan fingerprint density at radius 3 is 2.65 bits per heavy atom. The van der Waals surface area contributed by atoms with Crippen LogP contribution >= 0.6 is 0 Å². The molecule has 4 nitrogen and oxygen atoms in total. The Morgan fingerprint density at radius 2 is 2.10 bits per heavy atom. The van der Waals surface area contributed by atoms with E-state index in [1.165, 1.54) is 0 Å². The fraction of sp³-hybridized carbons (Fsp3) is 0.625. The minimum atomic E-state index is 0.0573. The van der Waals surface area contributed by atoms with Crippen LogP contribution in [-0.4, -0.2) is 17.4 Å². The fourth-order valence-electron chi connectivity index (χ4n) is 2.36. The zero-order valence-electron chi connectivity index (χ0n) is 13.1. The Bertz CT molecular complexity index is 438. The number of anilines is 1. The molecule has 4 heteroatoms. The molecular weight excluding hydrogens is 250 g/mol. The Hall–Kier alpha value is -1.42.